The molecule has 0 saturated heterocycles. The Balaban J connectivity index is 1.67. The highest BCUT2D eigenvalue weighted by Gasteiger charge is 2.15. The highest BCUT2D eigenvalue weighted by Crippen LogP contribution is 2.23. The molecule has 0 saturated carbocycles. The average Bonchev–Trinajstić information content (AvgIpc) is 3.10. The molecule has 0 radical (unpaired) electrons. The zero-order valence-corrected chi connectivity index (χ0v) is 14.3. The van der Waals surface area contributed by atoms with Crippen molar-refractivity contribution in [3.63, 3.8) is 0 Å². The Morgan fingerprint density at radius 1 is 1.17 bits per heavy atom. The van der Waals surface area contributed by atoms with Crippen LogP contribution in [0.1, 0.15) is 17.2 Å². The van der Waals surface area contributed by atoms with E-state index in [9.17, 15) is 4.79 Å². The fourth-order valence-corrected chi connectivity index (χ4v) is 3.25. The van der Waals surface area contributed by atoms with Gasteiger partial charge in [0.1, 0.15) is 0 Å². The van der Waals surface area contributed by atoms with Gasteiger partial charge in [-0.15, -0.1) is 0 Å². The third-order valence-electron chi connectivity index (χ3n) is 3.46. The fraction of sp³-hybridized carbons (Fsp3) is 0.111. The minimum atomic E-state index is -0.143. The topological polar surface area (TPSA) is 54.0 Å². The second-order valence-corrected chi connectivity index (χ2v) is 6.44. The molecule has 4 nitrogen and oxygen atoms in total. The van der Waals surface area contributed by atoms with E-state index in [1.165, 1.54) is 6.20 Å². The highest BCUT2D eigenvalue weighted by atomic mass is 35.5. The van der Waals surface area contributed by atoms with Crippen LogP contribution in [0.25, 0.3) is 0 Å². The lowest BCUT2D eigenvalue weighted by Crippen LogP contribution is -2.31. The first-order valence-corrected chi connectivity index (χ1v) is 8.75. The minimum absolute atomic E-state index is 0.0271. The van der Waals surface area contributed by atoms with Crippen molar-refractivity contribution in [2.45, 2.75) is 6.04 Å². The number of thiophene rings is 1. The van der Waals surface area contributed by atoms with Gasteiger partial charge in [0.15, 0.2) is 0 Å². The van der Waals surface area contributed by atoms with Crippen molar-refractivity contribution in [3.8, 4) is 0 Å². The molecule has 2 aromatic heterocycles. The van der Waals surface area contributed by atoms with Gasteiger partial charge in [-0.1, -0.05) is 41.9 Å². The van der Waals surface area contributed by atoms with Gasteiger partial charge in [-0.05, 0) is 34.0 Å². The van der Waals surface area contributed by atoms with Crippen LogP contribution in [0.5, 0.6) is 0 Å². The normalized spacial score (nSPS) is 11.9. The van der Waals surface area contributed by atoms with Crippen LogP contribution in [0, 0.1) is 0 Å². The molecular formula is C18H16ClN3OS. The number of aromatic nitrogens is 1. The fourth-order valence-electron chi connectivity index (χ4n) is 2.39. The molecule has 6 heteroatoms. The minimum Gasteiger partial charge on any atom is -0.324 e. The largest absolute Gasteiger partial charge is 0.324 e. The van der Waals surface area contributed by atoms with Gasteiger partial charge in [0, 0.05) is 6.20 Å². The molecule has 1 amide bonds. The zero-order chi connectivity index (χ0) is 16.8. The maximum atomic E-state index is 12.2. The third-order valence-corrected chi connectivity index (χ3v) is 4.37. The number of carbonyl (C=O) groups is 1. The molecule has 3 rings (SSSR count). The molecule has 24 heavy (non-hydrogen) atoms. The van der Waals surface area contributed by atoms with Crippen molar-refractivity contribution in [1.29, 1.82) is 0 Å². The number of hydrogen-bond donors (Lipinski definition) is 2. The Morgan fingerprint density at radius 2 is 2.00 bits per heavy atom. The van der Waals surface area contributed by atoms with Crippen molar-refractivity contribution in [1.82, 2.24) is 10.3 Å². The molecule has 0 aliphatic rings. The number of hydrogen-bond acceptors (Lipinski definition) is 4. The van der Waals surface area contributed by atoms with Crippen LogP contribution >= 0.6 is 22.9 Å². The van der Waals surface area contributed by atoms with Crippen molar-refractivity contribution < 1.29 is 4.79 Å². The molecule has 1 unspecified atom stereocenters. The van der Waals surface area contributed by atoms with Gasteiger partial charge in [0.05, 0.1) is 29.5 Å². The van der Waals surface area contributed by atoms with Gasteiger partial charge in [0.2, 0.25) is 5.91 Å². The first-order chi connectivity index (χ1) is 11.7. The second-order valence-electron chi connectivity index (χ2n) is 5.22. The Labute approximate surface area is 149 Å². The average molecular weight is 358 g/mol. The lowest BCUT2D eigenvalue weighted by Gasteiger charge is -2.18. The van der Waals surface area contributed by atoms with E-state index < -0.39 is 0 Å². The van der Waals surface area contributed by atoms with Crippen molar-refractivity contribution in [3.05, 3.63) is 81.8 Å². The second kappa shape index (κ2) is 8.06. The summed E-state index contributed by atoms with van der Waals surface area (Å²) in [5.74, 6) is -0.143. The Morgan fingerprint density at radius 3 is 2.71 bits per heavy atom. The summed E-state index contributed by atoms with van der Waals surface area (Å²) in [6, 6.07) is 13.8. The summed E-state index contributed by atoms with van der Waals surface area (Å²) < 4.78 is 0. The summed E-state index contributed by atoms with van der Waals surface area (Å²) in [5, 5.41) is 10.7. The van der Waals surface area contributed by atoms with E-state index in [-0.39, 0.29) is 18.5 Å². The predicted octanol–water partition coefficient (Wildman–Crippen LogP) is 4.11. The molecule has 0 spiro atoms. The van der Waals surface area contributed by atoms with Gasteiger partial charge in [-0.3, -0.25) is 15.1 Å². The zero-order valence-electron chi connectivity index (χ0n) is 12.8. The van der Waals surface area contributed by atoms with E-state index in [4.69, 9.17) is 11.6 Å². The standard InChI is InChI=1S/C18H16ClN3OS/c19-15-8-16(10-20-9-15)22-17(23)11-21-18(14-6-7-24-12-14)13-4-2-1-3-5-13/h1-10,12,18,21H,11H2,(H,22,23). The summed E-state index contributed by atoms with van der Waals surface area (Å²) in [5.41, 5.74) is 2.85. The number of nitrogens with zero attached hydrogens (tertiary/aromatic N) is 1. The predicted molar refractivity (Wildman–Crippen MR) is 98.5 cm³/mol. The summed E-state index contributed by atoms with van der Waals surface area (Å²) in [7, 11) is 0. The van der Waals surface area contributed by atoms with Gasteiger partial charge < -0.3 is 5.32 Å². The summed E-state index contributed by atoms with van der Waals surface area (Å²) >= 11 is 7.51. The molecule has 0 aliphatic carbocycles. The number of rotatable bonds is 6. The van der Waals surface area contributed by atoms with Crippen LogP contribution < -0.4 is 10.6 Å². The van der Waals surface area contributed by atoms with E-state index >= 15 is 0 Å². The molecule has 2 N–H and O–H groups in total. The molecule has 1 atom stereocenters. The lowest BCUT2D eigenvalue weighted by atomic mass is 10.0. The van der Waals surface area contributed by atoms with E-state index in [0.29, 0.717) is 10.7 Å². The maximum Gasteiger partial charge on any atom is 0.238 e. The Bertz CT molecular complexity index is 793. The summed E-state index contributed by atoms with van der Waals surface area (Å²) in [4.78, 5) is 16.1. The Hall–Kier alpha value is -2.21. The smallest absolute Gasteiger partial charge is 0.238 e. The van der Waals surface area contributed by atoms with Crippen molar-refractivity contribution in [2.75, 3.05) is 11.9 Å². The summed E-state index contributed by atoms with van der Waals surface area (Å²) in [6.45, 7) is 0.182. The molecular weight excluding hydrogens is 342 g/mol. The molecule has 0 fully saturated rings. The molecule has 1 aromatic carbocycles. The van der Waals surface area contributed by atoms with Crippen LogP contribution in [-0.2, 0) is 4.79 Å². The third kappa shape index (κ3) is 4.41. The van der Waals surface area contributed by atoms with Crippen LogP contribution in [0.4, 0.5) is 5.69 Å². The van der Waals surface area contributed by atoms with Crippen molar-refractivity contribution >= 4 is 34.5 Å². The van der Waals surface area contributed by atoms with Crippen molar-refractivity contribution in [2.24, 2.45) is 0 Å². The van der Waals surface area contributed by atoms with E-state index in [2.05, 4.69) is 27.1 Å². The number of anilines is 1. The monoisotopic (exact) mass is 357 g/mol. The molecule has 0 bridgehead atoms. The Kier molecular flexibility index (Phi) is 5.59. The maximum absolute atomic E-state index is 12.2. The molecule has 2 heterocycles. The highest BCUT2D eigenvalue weighted by molar-refractivity contribution is 7.08. The SMILES string of the molecule is O=C(CNC(c1ccccc1)c1ccsc1)Nc1cncc(Cl)c1. The van der Waals surface area contributed by atoms with Crippen LogP contribution in [0.3, 0.4) is 0 Å². The summed E-state index contributed by atoms with van der Waals surface area (Å²) in [6.07, 6.45) is 3.09. The first-order valence-electron chi connectivity index (χ1n) is 7.43. The van der Waals surface area contributed by atoms with E-state index in [1.807, 2.05) is 35.7 Å². The lowest BCUT2D eigenvalue weighted by molar-refractivity contribution is -0.115. The van der Waals surface area contributed by atoms with Gasteiger partial charge in [0.25, 0.3) is 0 Å². The van der Waals surface area contributed by atoms with E-state index in [1.54, 1.807) is 23.6 Å². The quantitative estimate of drug-likeness (QED) is 0.698. The number of benzene rings is 1. The molecule has 122 valence electrons. The first kappa shape index (κ1) is 16.6. The number of pyridine rings is 1. The van der Waals surface area contributed by atoms with E-state index in [0.717, 1.165) is 11.1 Å². The van der Waals surface area contributed by atoms with Crippen LogP contribution in [0.2, 0.25) is 5.02 Å². The number of nitrogens with one attached hydrogen (secondary N) is 2. The van der Waals surface area contributed by atoms with Gasteiger partial charge >= 0.3 is 0 Å². The molecule has 3 aromatic rings. The number of halogens is 1. The van der Waals surface area contributed by atoms with Crippen LogP contribution in [0.15, 0.2) is 65.6 Å². The van der Waals surface area contributed by atoms with Crippen LogP contribution in [-0.4, -0.2) is 17.4 Å². The van der Waals surface area contributed by atoms with Gasteiger partial charge in [-0.2, -0.15) is 11.3 Å². The van der Waals surface area contributed by atoms with Gasteiger partial charge in [-0.25, -0.2) is 0 Å². The molecule has 0 aliphatic heterocycles. The number of carbonyl (C=O) groups excluding carboxylic acids is 1. The number of amides is 1.